The van der Waals surface area contributed by atoms with Crippen molar-refractivity contribution in [1.29, 1.82) is 0 Å². The minimum Gasteiger partial charge on any atom is -0.381 e. The van der Waals surface area contributed by atoms with E-state index in [4.69, 9.17) is 9.47 Å². The van der Waals surface area contributed by atoms with Gasteiger partial charge < -0.3 is 19.7 Å². The summed E-state index contributed by atoms with van der Waals surface area (Å²) in [5, 5.41) is 3.12. The van der Waals surface area contributed by atoms with Crippen LogP contribution in [0.3, 0.4) is 0 Å². The van der Waals surface area contributed by atoms with Crippen LogP contribution < -0.4 is 5.32 Å². The van der Waals surface area contributed by atoms with E-state index in [1.807, 2.05) is 23.1 Å². The molecule has 6 nitrogen and oxygen atoms in total. The molecule has 1 aromatic rings. The van der Waals surface area contributed by atoms with Crippen LogP contribution in [0.4, 0.5) is 10.5 Å². The van der Waals surface area contributed by atoms with E-state index in [0.717, 1.165) is 83.2 Å². The number of urea groups is 1. The summed E-state index contributed by atoms with van der Waals surface area (Å²) in [5.41, 5.74) is 2.07. The largest absolute Gasteiger partial charge is 0.381 e. The van der Waals surface area contributed by atoms with Crippen molar-refractivity contribution in [3.63, 3.8) is 0 Å². The number of hydrogen-bond acceptors (Lipinski definition) is 4. The Morgan fingerprint density at radius 2 is 2.08 bits per heavy atom. The van der Waals surface area contributed by atoms with Crippen molar-refractivity contribution in [2.24, 2.45) is 5.92 Å². The van der Waals surface area contributed by atoms with Crippen LogP contribution in [0.1, 0.15) is 25.3 Å². The number of nitrogens with zero attached hydrogens (tertiary/aromatic N) is 2. The molecule has 2 amide bonds. The maximum absolute atomic E-state index is 12.7. The lowest BCUT2D eigenvalue weighted by atomic mass is 10.1. The molecule has 0 spiro atoms. The molecule has 0 aromatic heterocycles. The summed E-state index contributed by atoms with van der Waals surface area (Å²) in [6.07, 6.45) is 2.06. The molecule has 2 saturated heterocycles. The molecule has 2 aliphatic rings. The maximum Gasteiger partial charge on any atom is 0.321 e. The number of amides is 2. The summed E-state index contributed by atoms with van der Waals surface area (Å²) < 4.78 is 11.1. The minimum atomic E-state index is -0.00239. The first-order valence-corrected chi connectivity index (χ1v) is 9.78. The van der Waals surface area contributed by atoms with Gasteiger partial charge in [0.1, 0.15) is 0 Å². The number of rotatable bonds is 7. The van der Waals surface area contributed by atoms with Crippen molar-refractivity contribution in [2.75, 3.05) is 57.9 Å². The second-order valence-electron chi connectivity index (χ2n) is 7.15. The van der Waals surface area contributed by atoms with Crippen LogP contribution >= 0.6 is 0 Å². The van der Waals surface area contributed by atoms with Gasteiger partial charge in [0.15, 0.2) is 0 Å². The summed E-state index contributed by atoms with van der Waals surface area (Å²) in [6, 6.07) is 8.09. The molecule has 144 valence electrons. The predicted molar refractivity (Wildman–Crippen MR) is 102 cm³/mol. The van der Waals surface area contributed by atoms with E-state index in [2.05, 4.69) is 23.2 Å². The Morgan fingerprint density at radius 3 is 2.88 bits per heavy atom. The first-order valence-electron chi connectivity index (χ1n) is 9.78. The molecule has 2 fully saturated rings. The smallest absolute Gasteiger partial charge is 0.321 e. The Hall–Kier alpha value is -1.63. The molecule has 2 heterocycles. The Bertz CT molecular complexity index is 575. The molecular formula is C20H31N3O3. The van der Waals surface area contributed by atoms with Gasteiger partial charge in [-0.3, -0.25) is 4.90 Å². The first-order chi connectivity index (χ1) is 12.8. The highest BCUT2D eigenvalue weighted by Gasteiger charge is 2.26. The standard InChI is InChI=1S/C20H31N3O3/c1-2-11-26-16-17-7-8-23(14-17)20(24)21-19-6-4-3-5-18(19)15-22-9-12-25-13-10-22/h3-6,17H,2,7-16H2,1H3,(H,21,24)/t17-/m0/s1. The molecule has 0 unspecified atom stereocenters. The molecule has 1 N–H and O–H groups in total. The fraction of sp³-hybridized carbons (Fsp3) is 0.650. The van der Waals surface area contributed by atoms with Crippen LogP contribution in [-0.4, -0.2) is 68.4 Å². The van der Waals surface area contributed by atoms with Crippen molar-refractivity contribution in [1.82, 2.24) is 9.80 Å². The summed E-state index contributed by atoms with van der Waals surface area (Å²) in [5.74, 6) is 0.455. The van der Waals surface area contributed by atoms with Gasteiger partial charge in [-0.15, -0.1) is 0 Å². The Balaban J connectivity index is 1.52. The van der Waals surface area contributed by atoms with Gasteiger partial charge in [-0.05, 0) is 24.5 Å². The number of morpholine rings is 1. The zero-order valence-electron chi connectivity index (χ0n) is 15.8. The third kappa shape index (κ3) is 5.43. The molecule has 0 saturated carbocycles. The van der Waals surface area contributed by atoms with Gasteiger partial charge in [0.05, 0.1) is 19.8 Å². The summed E-state index contributed by atoms with van der Waals surface area (Å²) in [7, 11) is 0. The van der Waals surface area contributed by atoms with Crippen LogP contribution in [0.2, 0.25) is 0 Å². The highest BCUT2D eigenvalue weighted by atomic mass is 16.5. The molecule has 0 bridgehead atoms. The summed E-state index contributed by atoms with van der Waals surface area (Å²) in [6.45, 7) is 9.53. The Kier molecular flexibility index (Phi) is 7.29. The third-order valence-corrected chi connectivity index (χ3v) is 5.03. The molecule has 26 heavy (non-hydrogen) atoms. The number of ether oxygens (including phenoxy) is 2. The van der Waals surface area contributed by atoms with Gasteiger partial charge in [0.2, 0.25) is 0 Å². The second kappa shape index (κ2) is 9.90. The third-order valence-electron chi connectivity index (χ3n) is 5.03. The lowest BCUT2D eigenvalue weighted by Crippen LogP contribution is -2.36. The lowest BCUT2D eigenvalue weighted by Gasteiger charge is -2.27. The topological polar surface area (TPSA) is 54.0 Å². The fourth-order valence-electron chi connectivity index (χ4n) is 3.52. The van der Waals surface area contributed by atoms with Crippen molar-refractivity contribution in [3.8, 4) is 0 Å². The summed E-state index contributed by atoms with van der Waals surface area (Å²) in [4.78, 5) is 16.9. The number of carbonyl (C=O) groups is 1. The highest BCUT2D eigenvalue weighted by Crippen LogP contribution is 2.21. The first kappa shape index (κ1) is 19.1. The van der Waals surface area contributed by atoms with Gasteiger partial charge in [-0.2, -0.15) is 0 Å². The molecule has 0 radical (unpaired) electrons. The minimum absolute atomic E-state index is 0.00239. The molecule has 6 heteroatoms. The number of anilines is 1. The van der Waals surface area contributed by atoms with Crippen LogP contribution in [0.15, 0.2) is 24.3 Å². The number of hydrogen-bond donors (Lipinski definition) is 1. The normalized spacial score (nSPS) is 21.1. The van der Waals surface area contributed by atoms with Crippen molar-refractivity contribution >= 4 is 11.7 Å². The fourth-order valence-corrected chi connectivity index (χ4v) is 3.52. The van der Waals surface area contributed by atoms with E-state index in [1.165, 1.54) is 0 Å². The lowest BCUT2D eigenvalue weighted by molar-refractivity contribution is 0.0342. The number of nitrogens with one attached hydrogen (secondary N) is 1. The summed E-state index contributed by atoms with van der Waals surface area (Å²) >= 11 is 0. The predicted octanol–water partition coefficient (Wildman–Crippen LogP) is 2.80. The number of para-hydroxylation sites is 1. The Morgan fingerprint density at radius 1 is 1.27 bits per heavy atom. The number of benzene rings is 1. The average molecular weight is 361 g/mol. The average Bonchev–Trinajstić information content (AvgIpc) is 3.13. The maximum atomic E-state index is 12.7. The second-order valence-corrected chi connectivity index (χ2v) is 7.15. The van der Waals surface area contributed by atoms with E-state index < -0.39 is 0 Å². The highest BCUT2D eigenvalue weighted by molar-refractivity contribution is 5.90. The van der Waals surface area contributed by atoms with Gasteiger partial charge in [-0.1, -0.05) is 25.1 Å². The molecule has 1 aromatic carbocycles. The van der Waals surface area contributed by atoms with Gasteiger partial charge >= 0.3 is 6.03 Å². The zero-order valence-corrected chi connectivity index (χ0v) is 15.8. The van der Waals surface area contributed by atoms with E-state index in [-0.39, 0.29) is 6.03 Å². The van der Waals surface area contributed by atoms with E-state index in [1.54, 1.807) is 0 Å². The van der Waals surface area contributed by atoms with E-state index in [9.17, 15) is 4.79 Å². The van der Waals surface area contributed by atoms with E-state index >= 15 is 0 Å². The molecule has 0 aliphatic carbocycles. The van der Waals surface area contributed by atoms with Gasteiger partial charge in [0, 0.05) is 50.9 Å². The van der Waals surface area contributed by atoms with Crippen LogP contribution in [0.25, 0.3) is 0 Å². The van der Waals surface area contributed by atoms with E-state index in [0.29, 0.717) is 5.92 Å². The van der Waals surface area contributed by atoms with Crippen LogP contribution in [0, 0.1) is 5.92 Å². The van der Waals surface area contributed by atoms with Crippen LogP contribution in [-0.2, 0) is 16.0 Å². The van der Waals surface area contributed by atoms with Crippen molar-refractivity contribution in [2.45, 2.75) is 26.3 Å². The zero-order chi connectivity index (χ0) is 18.2. The monoisotopic (exact) mass is 361 g/mol. The molecule has 2 aliphatic heterocycles. The van der Waals surface area contributed by atoms with Gasteiger partial charge in [-0.25, -0.2) is 4.79 Å². The molecular weight excluding hydrogens is 330 g/mol. The SMILES string of the molecule is CCCOC[C@H]1CCN(C(=O)Nc2ccccc2CN2CCOCC2)C1. The quantitative estimate of drug-likeness (QED) is 0.759. The van der Waals surface area contributed by atoms with Crippen molar-refractivity contribution in [3.05, 3.63) is 29.8 Å². The van der Waals surface area contributed by atoms with Crippen LogP contribution in [0.5, 0.6) is 0 Å². The number of likely N-dealkylation sites (tertiary alicyclic amines) is 1. The van der Waals surface area contributed by atoms with Crippen molar-refractivity contribution < 1.29 is 14.3 Å². The Labute approximate surface area is 156 Å². The molecule has 1 atom stereocenters. The molecule has 3 rings (SSSR count). The number of carbonyl (C=O) groups excluding carboxylic acids is 1. The van der Waals surface area contributed by atoms with Gasteiger partial charge in [0.25, 0.3) is 0 Å².